The van der Waals surface area contributed by atoms with Crippen LogP contribution in [0.4, 0.5) is 0 Å². The highest BCUT2D eigenvalue weighted by atomic mass is 16.5. The highest BCUT2D eigenvalue weighted by Gasteiger charge is 2.27. The number of hydrogen-bond donors (Lipinski definition) is 2. The molecule has 18 heavy (non-hydrogen) atoms. The van der Waals surface area contributed by atoms with Gasteiger partial charge in [0, 0.05) is 12.6 Å². The van der Waals surface area contributed by atoms with Crippen molar-refractivity contribution in [3.8, 4) is 0 Å². The van der Waals surface area contributed by atoms with Crippen LogP contribution < -0.4 is 5.32 Å². The summed E-state index contributed by atoms with van der Waals surface area (Å²) >= 11 is 0. The summed E-state index contributed by atoms with van der Waals surface area (Å²) < 4.78 is 5.72. The molecule has 0 aromatic carbocycles. The van der Waals surface area contributed by atoms with E-state index in [1.54, 1.807) is 0 Å². The van der Waals surface area contributed by atoms with Crippen LogP contribution in [0.15, 0.2) is 0 Å². The minimum atomic E-state index is -0.588. The normalized spacial score (nSPS) is 32.5. The Morgan fingerprint density at radius 1 is 1.28 bits per heavy atom. The van der Waals surface area contributed by atoms with Gasteiger partial charge in [0.05, 0.1) is 17.8 Å². The van der Waals surface area contributed by atoms with Gasteiger partial charge in [0.1, 0.15) is 0 Å². The van der Waals surface area contributed by atoms with Crippen LogP contribution in [0, 0.1) is 5.92 Å². The Morgan fingerprint density at radius 2 is 1.83 bits per heavy atom. The van der Waals surface area contributed by atoms with Gasteiger partial charge in [-0.25, -0.2) is 0 Å². The molecule has 3 nitrogen and oxygen atoms in total. The highest BCUT2D eigenvalue weighted by Crippen LogP contribution is 2.21. The van der Waals surface area contributed by atoms with E-state index in [9.17, 15) is 5.11 Å². The average Bonchev–Trinajstić information content (AvgIpc) is 2.23. The Balaban J connectivity index is 2.30. The summed E-state index contributed by atoms with van der Waals surface area (Å²) in [5.74, 6) is 0.652. The molecule has 0 aliphatic carbocycles. The first-order valence-electron chi connectivity index (χ1n) is 7.39. The van der Waals surface area contributed by atoms with Gasteiger partial charge in [0.2, 0.25) is 0 Å². The molecule has 2 N–H and O–H groups in total. The maximum absolute atomic E-state index is 10.3. The molecule has 3 unspecified atom stereocenters. The van der Waals surface area contributed by atoms with Gasteiger partial charge in [-0.2, -0.15) is 0 Å². The first-order chi connectivity index (χ1) is 8.28. The number of hydrogen-bond acceptors (Lipinski definition) is 3. The van der Waals surface area contributed by atoms with E-state index in [1.165, 1.54) is 0 Å². The third kappa shape index (κ3) is 6.17. The zero-order valence-electron chi connectivity index (χ0n) is 12.7. The van der Waals surface area contributed by atoms with Crippen LogP contribution in [0.1, 0.15) is 60.3 Å². The second-order valence-corrected chi connectivity index (χ2v) is 6.74. The van der Waals surface area contributed by atoms with E-state index in [0.29, 0.717) is 30.7 Å². The van der Waals surface area contributed by atoms with Crippen molar-refractivity contribution in [2.75, 3.05) is 6.54 Å². The van der Waals surface area contributed by atoms with Gasteiger partial charge >= 0.3 is 0 Å². The molecule has 0 radical (unpaired) electrons. The van der Waals surface area contributed by atoms with Crippen molar-refractivity contribution in [1.82, 2.24) is 5.32 Å². The van der Waals surface area contributed by atoms with Crippen LogP contribution in [0.2, 0.25) is 0 Å². The summed E-state index contributed by atoms with van der Waals surface area (Å²) in [5, 5.41) is 13.8. The molecule has 1 rings (SSSR count). The molecule has 1 aliphatic rings. The van der Waals surface area contributed by atoms with Crippen LogP contribution in [-0.2, 0) is 4.74 Å². The monoisotopic (exact) mass is 257 g/mol. The van der Waals surface area contributed by atoms with Crippen molar-refractivity contribution in [1.29, 1.82) is 0 Å². The van der Waals surface area contributed by atoms with Gasteiger partial charge in [0.25, 0.3) is 0 Å². The van der Waals surface area contributed by atoms with Crippen LogP contribution >= 0.6 is 0 Å². The lowest BCUT2D eigenvalue weighted by atomic mass is 9.93. The molecule has 108 valence electrons. The lowest BCUT2D eigenvalue weighted by Crippen LogP contribution is -2.47. The molecule has 0 amide bonds. The van der Waals surface area contributed by atoms with E-state index < -0.39 is 5.60 Å². The van der Waals surface area contributed by atoms with Gasteiger partial charge in [-0.15, -0.1) is 0 Å². The van der Waals surface area contributed by atoms with E-state index in [0.717, 1.165) is 25.7 Å². The SMILES string of the molecule is CC(C)CCC(C)(O)CNC1CC(C)OC(C)C1. The lowest BCUT2D eigenvalue weighted by molar-refractivity contribution is -0.0465. The Labute approximate surface area is 112 Å². The van der Waals surface area contributed by atoms with Gasteiger partial charge in [-0.1, -0.05) is 13.8 Å². The molecule has 3 atom stereocenters. The fourth-order valence-corrected chi connectivity index (χ4v) is 2.62. The zero-order valence-corrected chi connectivity index (χ0v) is 12.7. The van der Waals surface area contributed by atoms with Crippen molar-refractivity contribution in [3.05, 3.63) is 0 Å². The predicted octanol–water partition coefficient (Wildman–Crippen LogP) is 2.72. The Morgan fingerprint density at radius 3 is 2.33 bits per heavy atom. The van der Waals surface area contributed by atoms with Gasteiger partial charge in [0.15, 0.2) is 0 Å². The minimum absolute atomic E-state index is 0.326. The summed E-state index contributed by atoms with van der Waals surface area (Å²) in [5.41, 5.74) is -0.588. The molecule has 0 aromatic rings. The molecule has 3 heteroatoms. The molecule has 1 heterocycles. The molecule has 1 fully saturated rings. The Bertz CT molecular complexity index is 231. The second-order valence-electron chi connectivity index (χ2n) is 6.74. The fourth-order valence-electron chi connectivity index (χ4n) is 2.62. The van der Waals surface area contributed by atoms with Gasteiger partial charge in [-0.3, -0.25) is 0 Å². The summed E-state index contributed by atoms with van der Waals surface area (Å²) in [4.78, 5) is 0. The quantitative estimate of drug-likeness (QED) is 0.769. The van der Waals surface area contributed by atoms with E-state index in [4.69, 9.17) is 4.74 Å². The third-order valence-corrected chi connectivity index (χ3v) is 3.73. The standard InChI is InChI=1S/C15H31NO2/c1-11(2)6-7-15(5,17)10-16-14-8-12(3)18-13(4)9-14/h11-14,16-17H,6-10H2,1-5H3. The largest absolute Gasteiger partial charge is 0.389 e. The van der Waals surface area contributed by atoms with Crippen molar-refractivity contribution < 1.29 is 9.84 Å². The van der Waals surface area contributed by atoms with Gasteiger partial charge < -0.3 is 15.2 Å². The summed E-state index contributed by atoms with van der Waals surface area (Å²) in [6.45, 7) is 11.3. The first-order valence-corrected chi connectivity index (χ1v) is 7.39. The fraction of sp³-hybridized carbons (Fsp3) is 1.00. The second kappa shape index (κ2) is 6.88. The van der Waals surface area contributed by atoms with E-state index >= 15 is 0 Å². The summed E-state index contributed by atoms with van der Waals surface area (Å²) in [6, 6.07) is 0.481. The smallest absolute Gasteiger partial charge is 0.0743 e. The molecule has 0 spiro atoms. The number of aliphatic hydroxyl groups is 1. The molecule has 1 saturated heterocycles. The van der Waals surface area contributed by atoms with Gasteiger partial charge in [-0.05, 0) is 52.4 Å². The predicted molar refractivity (Wildman–Crippen MR) is 75.7 cm³/mol. The molecule has 1 aliphatic heterocycles. The van der Waals surface area contributed by atoms with E-state index in [2.05, 4.69) is 33.0 Å². The van der Waals surface area contributed by atoms with Crippen LogP contribution in [0.5, 0.6) is 0 Å². The van der Waals surface area contributed by atoms with Crippen molar-refractivity contribution in [2.24, 2.45) is 5.92 Å². The summed E-state index contributed by atoms with van der Waals surface area (Å²) in [7, 11) is 0. The number of ether oxygens (including phenoxy) is 1. The minimum Gasteiger partial charge on any atom is -0.389 e. The molecule has 0 aromatic heterocycles. The van der Waals surface area contributed by atoms with Crippen LogP contribution in [-0.4, -0.2) is 35.5 Å². The van der Waals surface area contributed by atoms with E-state index in [1.807, 2.05) is 6.92 Å². The van der Waals surface area contributed by atoms with Crippen LogP contribution in [0.3, 0.4) is 0 Å². The number of nitrogens with one attached hydrogen (secondary N) is 1. The first kappa shape index (κ1) is 15.9. The number of rotatable bonds is 6. The van der Waals surface area contributed by atoms with Crippen LogP contribution in [0.25, 0.3) is 0 Å². The lowest BCUT2D eigenvalue weighted by Gasteiger charge is -2.35. The van der Waals surface area contributed by atoms with Crippen molar-refractivity contribution in [3.63, 3.8) is 0 Å². The topological polar surface area (TPSA) is 41.5 Å². The molecular weight excluding hydrogens is 226 g/mol. The Kier molecular flexibility index (Phi) is 6.09. The van der Waals surface area contributed by atoms with E-state index in [-0.39, 0.29) is 0 Å². The van der Waals surface area contributed by atoms with Crippen molar-refractivity contribution in [2.45, 2.75) is 84.2 Å². The van der Waals surface area contributed by atoms with Crippen molar-refractivity contribution >= 4 is 0 Å². The third-order valence-electron chi connectivity index (χ3n) is 3.73. The molecule has 0 saturated carbocycles. The Hall–Kier alpha value is -0.120. The molecule has 0 bridgehead atoms. The maximum atomic E-state index is 10.3. The zero-order chi connectivity index (χ0) is 13.8. The molecular formula is C15H31NO2. The average molecular weight is 257 g/mol. The maximum Gasteiger partial charge on any atom is 0.0743 e. The summed E-state index contributed by atoms with van der Waals surface area (Å²) in [6.07, 6.45) is 4.69. The highest BCUT2D eigenvalue weighted by molar-refractivity contribution is 4.83.